The van der Waals surface area contributed by atoms with Gasteiger partial charge in [-0.05, 0) is 23.6 Å². The minimum Gasteiger partial charge on any atom is -0.480 e. The molecule has 0 radical (unpaired) electrons. The topological polar surface area (TPSA) is 110 Å². The maximum atomic E-state index is 13.1. The fraction of sp³-hybridized carbons (Fsp3) is 0.300. The lowest BCUT2D eigenvalue weighted by atomic mass is 10.1. The van der Waals surface area contributed by atoms with Gasteiger partial charge >= 0.3 is 12.1 Å². The fourth-order valence-electron chi connectivity index (χ4n) is 4.05. The van der Waals surface area contributed by atoms with Crippen molar-refractivity contribution in [2.45, 2.75) is 35.2 Å². The van der Waals surface area contributed by atoms with Gasteiger partial charge in [-0.3, -0.25) is 4.79 Å². The molecule has 1 aromatic carbocycles. The minimum absolute atomic E-state index is 0.136. The molecular weight excluding hydrogens is 469 g/mol. The third-order valence-electron chi connectivity index (χ3n) is 5.51. The van der Waals surface area contributed by atoms with Gasteiger partial charge in [-0.25, -0.2) is 8.42 Å². The summed E-state index contributed by atoms with van der Waals surface area (Å²) in [4.78, 5) is 12.4. The Morgan fingerprint density at radius 1 is 1.25 bits per heavy atom. The first-order chi connectivity index (χ1) is 15.0. The first kappa shape index (κ1) is 22.5. The van der Waals surface area contributed by atoms with Crippen molar-refractivity contribution >= 4 is 27.3 Å². The lowest BCUT2D eigenvalue weighted by Crippen LogP contribution is -2.45. The number of nitrogens with one attached hydrogen (secondary N) is 1. The van der Waals surface area contributed by atoms with Crippen LogP contribution in [0.5, 0.6) is 0 Å². The van der Waals surface area contributed by atoms with Crippen LogP contribution in [0.4, 0.5) is 13.2 Å². The lowest BCUT2D eigenvalue weighted by molar-refractivity contribution is -0.155. The highest BCUT2D eigenvalue weighted by Crippen LogP contribution is 2.60. The second-order valence-electron chi connectivity index (χ2n) is 7.38. The molecule has 170 valence electrons. The number of carboxylic acids is 1. The van der Waals surface area contributed by atoms with Gasteiger partial charge in [-0.2, -0.15) is 17.9 Å². The van der Waals surface area contributed by atoms with E-state index in [0.29, 0.717) is 29.4 Å². The number of carboxylic acid groups (broad SMARTS) is 1. The largest absolute Gasteiger partial charge is 0.480 e. The Kier molecular flexibility index (Phi) is 5.42. The number of alkyl halides is 3. The number of aliphatic carboxylic acids is 1. The van der Waals surface area contributed by atoms with Crippen LogP contribution in [0.25, 0.3) is 10.6 Å². The molecule has 1 aliphatic rings. The molecule has 3 atom stereocenters. The summed E-state index contributed by atoms with van der Waals surface area (Å²) < 4.78 is 70.7. The highest BCUT2D eigenvalue weighted by atomic mass is 32.2. The molecule has 3 aromatic rings. The Bertz CT molecular complexity index is 1250. The van der Waals surface area contributed by atoms with Gasteiger partial charge < -0.3 is 9.63 Å². The van der Waals surface area contributed by atoms with E-state index >= 15 is 0 Å². The van der Waals surface area contributed by atoms with Crippen molar-refractivity contribution in [1.29, 1.82) is 0 Å². The summed E-state index contributed by atoms with van der Waals surface area (Å²) >= 11 is 0.670. The molecular formula is C20H17F3N2O5S2. The Hall–Kier alpha value is -2.70. The average molecular weight is 486 g/mol. The summed E-state index contributed by atoms with van der Waals surface area (Å²) in [6.07, 6.45) is -4.29. The van der Waals surface area contributed by atoms with Gasteiger partial charge in [0.05, 0.1) is 4.88 Å². The first-order valence-corrected chi connectivity index (χ1v) is 11.8. The zero-order chi connectivity index (χ0) is 23.3. The van der Waals surface area contributed by atoms with Crippen LogP contribution < -0.4 is 4.72 Å². The molecule has 1 unspecified atom stereocenters. The summed E-state index contributed by atoms with van der Waals surface area (Å²) in [7, 11) is -4.29. The van der Waals surface area contributed by atoms with E-state index in [1.54, 1.807) is 37.3 Å². The Morgan fingerprint density at radius 2 is 1.94 bits per heavy atom. The molecule has 7 nitrogen and oxygen atoms in total. The third kappa shape index (κ3) is 3.71. The monoisotopic (exact) mass is 486 g/mol. The molecule has 0 bridgehead atoms. The van der Waals surface area contributed by atoms with E-state index in [2.05, 4.69) is 14.4 Å². The highest BCUT2D eigenvalue weighted by molar-refractivity contribution is 7.91. The van der Waals surface area contributed by atoms with Gasteiger partial charge in [0.15, 0.2) is 0 Å². The quantitative estimate of drug-likeness (QED) is 0.514. The van der Waals surface area contributed by atoms with Crippen molar-refractivity contribution in [3.8, 4) is 10.6 Å². The molecule has 1 aliphatic carbocycles. The minimum atomic E-state index is -4.72. The summed E-state index contributed by atoms with van der Waals surface area (Å²) in [6, 6.07) is 11.9. The molecule has 2 aromatic heterocycles. The van der Waals surface area contributed by atoms with Crippen LogP contribution in [-0.2, 0) is 21.0 Å². The Morgan fingerprint density at radius 3 is 2.50 bits per heavy atom. The number of hydrogen-bond donors (Lipinski definition) is 2. The molecule has 0 saturated heterocycles. The third-order valence-corrected chi connectivity index (χ3v) is 8.60. The normalized spacial score (nSPS) is 23.2. The predicted molar refractivity (Wildman–Crippen MR) is 108 cm³/mol. The van der Waals surface area contributed by atoms with Crippen molar-refractivity contribution in [3.63, 3.8) is 0 Å². The number of carbonyl (C=O) groups is 1. The van der Waals surface area contributed by atoms with Crippen LogP contribution in [0.2, 0.25) is 0 Å². The molecule has 0 amide bonds. The zero-order valence-corrected chi connectivity index (χ0v) is 18.1. The van der Waals surface area contributed by atoms with E-state index in [1.807, 2.05) is 0 Å². The summed E-state index contributed by atoms with van der Waals surface area (Å²) in [6.45, 7) is 1.78. The van der Waals surface area contributed by atoms with Crippen LogP contribution in [0.1, 0.15) is 30.6 Å². The fourth-order valence-corrected chi connectivity index (χ4v) is 6.73. The number of aromatic nitrogens is 1. The van der Waals surface area contributed by atoms with Crippen molar-refractivity contribution in [2.75, 3.05) is 0 Å². The van der Waals surface area contributed by atoms with E-state index in [9.17, 15) is 31.5 Å². The van der Waals surface area contributed by atoms with Gasteiger partial charge in [0, 0.05) is 12.0 Å². The second kappa shape index (κ2) is 7.71. The predicted octanol–water partition coefficient (Wildman–Crippen LogP) is 4.35. The molecule has 32 heavy (non-hydrogen) atoms. The van der Waals surface area contributed by atoms with Crippen LogP contribution >= 0.6 is 11.3 Å². The molecule has 1 saturated carbocycles. The maximum Gasteiger partial charge on any atom is 0.452 e. The second-order valence-corrected chi connectivity index (χ2v) is 10.4. The lowest BCUT2D eigenvalue weighted by Gasteiger charge is -2.15. The number of nitrogens with zero attached hydrogens (tertiary/aromatic N) is 1. The highest BCUT2D eigenvalue weighted by Gasteiger charge is 2.71. The SMILES string of the molecule is CCC1[C@H](c2ccccc2)[C@@]1(NS(=O)(=O)c1ccc(-c2cc(C(F)(F)F)on2)s1)C(=O)O. The van der Waals surface area contributed by atoms with Crippen molar-refractivity contribution in [1.82, 2.24) is 9.88 Å². The van der Waals surface area contributed by atoms with Gasteiger partial charge in [-0.1, -0.05) is 48.8 Å². The van der Waals surface area contributed by atoms with Gasteiger partial charge in [0.25, 0.3) is 10.0 Å². The van der Waals surface area contributed by atoms with E-state index in [4.69, 9.17) is 0 Å². The maximum absolute atomic E-state index is 13.1. The van der Waals surface area contributed by atoms with Crippen LogP contribution in [-0.4, -0.2) is 30.2 Å². The van der Waals surface area contributed by atoms with E-state index in [-0.39, 0.29) is 14.8 Å². The van der Waals surface area contributed by atoms with Gasteiger partial charge in [-0.15, -0.1) is 11.3 Å². The standard InChI is InChI=1S/C20H17F3N2O5S2/c1-2-12-17(11-6-4-3-5-7-11)19(12,18(26)27)25-32(28,29)16-9-8-14(31-16)13-10-15(30-24-13)20(21,22)23/h3-10,12,17,25H,2H2,1H3,(H,26,27)/t12?,17-,19+/m0/s1. The Balaban J connectivity index is 1.64. The summed E-state index contributed by atoms with van der Waals surface area (Å²) in [5, 5.41) is 13.3. The number of thiophene rings is 1. The average Bonchev–Trinajstić information content (AvgIpc) is 3.13. The number of rotatable bonds is 7. The Labute approximate surface area is 184 Å². The number of sulfonamides is 1. The molecule has 0 spiro atoms. The van der Waals surface area contributed by atoms with Gasteiger partial charge in [0.2, 0.25) is 5.76 Å². The molecule has 4 rings (SSSR count). The van der Waals surface area contributed by atoms with E-state index in [1.165, 1.54) is 12.1 Å². The number of hydrogen-bond acceptors (Lipinski definition) is 6. The van der Waals surface area contributed by atoms with Crippen molar-refractivity contribution < 1.29 is 36.0 Å². The van der Waals surface area contributed by atoms with Gasteiger partial charge in [0.1, 0.15) is 15.4 Å². The van der Waals surface area contributed by atoms with Crippen LogP contribution in [0, 0.1) is 5.92 Å². The smallest absolute Gasteiger partial charge is 0.452 e. The summed E-state index contributed by atoms with van der Waals surface area (Å²) in [5.41, 5.74) is -1.17. The molecule has 12 heteroatoms. The number of benzene rings is 1. The first-order valence-electron chi connectivity index (χ1n) is 9.47. The molecule has 2 heterocycles. The zero-order valence-electron chi connectivity index (χ0n) is 16.5. The molecule has 0 aliphatic heterocycles. The van der Waals surface area contributed by atoms with Crippen molar-refractivity contribution in [3.05, 3.63) is 59.9 Å². The van der Waals surface area contributed by atoms with E-state index in [0.717, 1.165) is 0 Å². The van der Waals surface area contributed by atoms with Crippen LogP contribution in [0.3, 0.4) is 0 Å². The molecule has 2 N–H and O–H groups in total. The summed E-state index contributed by atoms with van der Waals surface area (Å²) in [5.74, 6) is -3.60. The van der Waals surface area contributed by atoms with Crippen molar-refractivity contribution in [2.24, 2.45) is 5.92 Å². The van der Waals surface area contributed by atoms with Crippen LogP contribution in [0.15, 0.2) is 57.3 Å². The van der Waals surface area contributed by atoms with E-state index < -0.39 is 45.3 Å². The number of halogens is 3. The molecule has 1 fully saturated rings.